The number of fused-ring (bicyclic) bond motifs is 1. The molecule has 1 amide bonds. The lowest BCUT2D eigenvalue weighted by Crippen LogP contribution is -2.45. The molecule has 0 saturated carbocycles. The summed E-state index contributed by atoms with van der Waals surface area (Å²) in [6.07, 6.45) is 5.06. The van der Waals surface area contributed by atoms with Crippen molar-refractivity contribution in [3.63, 3.8) is 0 Å². The molecule has 1 unspecified atom stereocenters. The molecule has 25 heavy (non-hydrogen) atoms. The van der Waals surface area contributed by atoms with Crippen LogP contribution in [0.3, 0.4) is 0 Å². The first-order valence-corrected chi connectivity index (χ1v) is 9.11. The van der Waals surface area contributed by atoms with Crippen LogP contribution in [0.1, 0.15) is 45.1 Å². The number of hydrogen-bond donors (Lipinski definition) is 0. The summed E-state index contributed by atoms with van der Waals surface area (Å²) in [6.45, 7) is 4.95. The first-order chi connectivity index (χ1) is 12.1. The fourth-order valence-electron chi connectivity index (χ4n) is 3.57. The van der Waals surface area contributed by atoms with Gasteiger partial charge in [-0.05, 0) is 49.8 Å². The van der Waals surface area contributed by atoms with Crippen LogP contribution in [0.4, 0.5) is 0 Å². The summed E-state index contributed by atoms with van der Waals surface area (Å²) < 4.78 is 11.0. The van der Waals surface area contributed by atoms with E-state index >= 15 is 0 Å². The van der Waals surface area contributed by atoms with Crippen molar-refractivity contribution in [2.24, 2.45) is 0 Å². The highest BCUT2D eigenvalue weighted by Crippen LogP contribution is 2.24. The van der Waals surface area contributed by atoms with Gasteiger partial charge < -0.3 is 14.1 Å². The molecule has 3 rings (SSSR count). The molecule has 0 N–H and O–H groups in total. The molecule has 1 aromatic carbocycles. The van der Waals surface area contributed by atoms with Crippen LogP contribution in [0.25, 0.3) is 11.0 Å². The molecule has 0 radical (unpaired) electrons. The van der Waals surface area contributed by atoms with E-state index in [4.69, 9.17) is 9.15 Å². The maximum absolute atomic E-state index is 12.5. The van der Waals surface area contributed by atoms with Crippen molar-refractivity contribution < 1.29 is 13.9 Å². The molecule has 0 bridgehead atoms. The standard InChI is InChI=1S/C20H25NO4/c1-3-14-11-20(23)25-18-12-16(8-9-17(14)18)24-13-19(22)21-10-6-5-7-15(21)4-2/h8-9,11-12,15H,3-7,10,13H2,1-2H3. The van der Waals surface area contributed by atoms with Gasteiger partial charge in [-0.15, -0.1) is 0 Å². The van der Waals surface area contributed by atoms with Crippen molar-refractivity contribution in [3.05, 3.63) is 40.2 Å². The number of nitrogens with zero attached hydrogens (tertiary/aromatic N) is 1. The second kappa shape index (κ2) is 7.72. The third-order valence-corrected chi connectivity index (χ3v) is 4.96. The normalized spacial score (nSPS) is 17.7. The zero-order valence-corrected chi connectivity index (χ0v) is 14.9. The SMILES string of the molecule is CCc1cc(=O)oc2cc(OCC(=O)N3CCCCC3CC)ccc12. The molecule has 0 aliphatic carbocycles. The molecular weight excluding hydrogens is 318 g/mol. The highest BCUT2D eigenvalue weighted by atomic mass is 16.5. The van der Waals surface area contributed by atoms with Gasteiger partial charge in [0.2, 0.25) is 0 Å². The summed E-state index contributed by atoms with van der Waals surface area (Å²) in [5.41, 5.74) is 1.09. The third kappa shape index (κ3) is 3.86. The number of hydrogen-bond acceptors (Lipinski definition) is 4. The molecule has 1 saturated heterocycles. The van der Waals surface area contributed by atoms with Crippen LogP contribution < -0.4 is 10.4 Å². The molecule has 2 aromatic rings. The number of rotatable bonds is 5. The molecule has 1 aliphatic rings. The van der Waals surface area contributed by atoms with Gasteiger partial charge in [-0.3, -0.25) is 4.79 Å². The minimum absolute atomic E-state index is 0.0136. The van der Waals surface area contributed by atoms with E-state index in [1.54, 1.807) is 6.07 Å². The zero-order valence-electron chi connectivity index (χ0n) is 14.9. The van der Waals surface area contributed by atoms with Crippen LogP contribution in [0, 0.1) is 0 Å². The van der Waals surface area contributed by atoms with Crippen LogP contribution >= 0.6 is 0 Å². The number of aryl methyl sites for hydroxylation is 1. The van der Waals surface area contributed by atoms with Crippen LogP contribution in [0.5, 0.6) is 5.75 Å². The van der Waals surface area contributed by atoms with Gasteiger partial charge >= 0.3 is 5.63 Å². The Hall–Kier alpha value is -2.30. The molecule has 5 nitrogen and oxygen atoms in total. The largest absolute Gasteiger partial charge is 0.484 e. The highest BCUT2D eigenvalue weighted by Gasteiger charge is 2.25. The number of amides is 1. The van der Waals surface area contributed by atoms with Crippen molar-refractivity contribution in [3.8, 4) is 5.75 Å². The molecule has 1 atom stereocenters. The predicted octanol–water partition coefficient (Wildman–Crippen LogP) is 3.53. The van der Waals surface area contributed by atoms with E-state index in [0.717, 1.165) is 43.2 Å². The van der Waals surface area contributed by atoms with E-state index in [0.29, 0.717) is 17.4 Å². The van der Waals surface area contributed by atoms with Crippen molar-refractivity contribution in [2.45, 2.75) is 52.0 Å². The Labute approximate surface area is 147 Å². The molecule has 5 heteroatoms. The van der Waals surface area contributed by atoms with E-state index in [-0.39, 0.29) is 18.1 Å². The van der Waals surface area contributed by atoms with Crippen LogP contribution in [0.2, 0.25) is 0 Å². The van der Waals surface area contributed by atoms with Gasteiger partial charge in [0.15, 0.2) is 6.61 Å². The summed E-state index contributed by atoms with van der Waals surface area (Å²) in [7, 11) is 0. The van der Waals surface area contributed by atoms with E-state index in [9.17, 15) is 9.59 Å². The first kappa shape index (κ1) is 17.5. The monoisotopic (exact) mass is 343 g/mol. The smallest absolute Gasteiger partial charge is 0.336 e. The molecular formula is C20H25NO4. The number of carbonyl (C=O) groups is 1. The summed E-state index contributed by atoms with van der Waals surface area (Å²) >= 11 is 0. The van der Waals surface area contributed by atoms with E-state index in [1.165, 1.54) is 12.5 Å². The number of carbonyl (C=O) groups excluding carboxylic acids is 1. The van der Waals surface area contributed by atoms with Gasteiger partial charge in [0.25, 0.3) is 5.91 Å². The summed E-state index contributed by atoms with van der Waals surface area (Å²) in [4.78, 5) is 26.1. The van der Waals surface area contributed by atoms with Gasteiger partial charge in [0, 0.05) is 30.1 Å². The Morgan fingerprint density at radius 2 is 2.12 bits per heavy atom. The molecule has 134 valence electrons. The fraction of sp³-hybridized carbons (Fsp3) is 0.500. The summed E-state index contributed by atoms with van der Waals surface area (Å²) in [5, 5.41) is 0.905. The van der Waals surface area contributed by atoms with Gasteiger partial charge in [-0.1, -0.05) is 13.8 Å². The highest BCUT2D eigenvalue weighted by molar-refractivity contribution is 5.82. The van der Waals surface area contributed by atoms with Crippen LogP contribution in [0.15, 0.2) is 33.5 Å². The van der Waals surface area contributed by atoms with E-state index in [2.05, 4.69) is 6.92 Å². The molecule has 1 aromatic heterocycles. The Kier molecular flexibility index (Phi) is 5.41. The average Bonchev–Trinajstić information content (AvgIpc) is 2.64. The quantitative estimate of drug-likeness (QED) is 0.779. The van der Waals surface area contributed by atoms with Crippen molar-refractivity contribution >= 4 is 16.9 Å². The Balaban J connectivity index is 1.72. The number of piperidine rings is 1. The molecule has 2 heterocycles. The molecule has 1 aliphatic heterocycles. The lowest BCUT2D eigenvalue weighted by Gasteiger charge is -2.35. The second-order valence-electron chi connectivity index (χ2n) is 6.54. The first-order valence-electron chi connectivity index (χ1n) is 9.11. The second-order valence-corrected chi connectivity index (χ2v) is 6.54. The van der Waals surface area contributed by atoms with Gasteiger partial charge in [-0.25, -0.2) is 4.79 Å². The Morgan fingerprint density at radius 3 is 2.88 bits per heavy atom. The van der Waals surface area contributed by atoms with Crippen LogP contribution in [-0.4, -0.2) is 30.0 Å². The molecule has 0 spiro atoms. The minimum atomic E-state index is -0.364. The van der Waals surface area contributed by atoms with Gasteiger partial charge in [0.1, 0.15) is 11.3 Å². The van der Waals surface area contributed by atoms with Crippen molar-refractivity contribution in [1.29, 1.82) is 0 Å². The average molecular weight is 343 g/mol. The topological polar surface area (TPSA) is 59.8 Å². The van der Waals surface area contributed by atoms with Crippen molar-refractivity contribution in [1.82, 2.24) is 4.90 Å². The molecule has 1 fully saturated rings. The van der Waals surface area contributed by atoms with Gasteiger partial charge in [-0.2, -0.15) is 0 Å². The maximum Gasteiger partial charge on any atom is 0.336 e. The van der Waals surface area contributed by atoms with Crippen LogP contribution in [-0.2, 0) is 11.2 Å². The summed E-state index contributed by atoms with van der Waals surface area (Å²) in [6, 6.07) is 7.24. The Morgan fingerprint density at radius 1 is 1.28 bits per heavy atom. The lowest BCUT2D eigenvalue weighted by atomic mass is 10.00. The zero-order chi connectivity index (χ0) is 17.8. The van der Waals surface area contributed by atoms with Gasteiger partial charge in [0.05, 0.1) is 0 Å². The fourth-order valence-corrected chi connectivity index (χ4v) is 3.57. The minimum Gasteiger partial charge on any atom is -0.484 e. The summed E-state index contributed by atoms with van der Waals surface area (Å²) in [5.74, 6) is 0.567. The predicted molar refractivity (Wildman–Crippen MR) is 97.0 cm³/mol. The van der Waals surface area contributed by atoms with Crippen molar-refractivity contribution in [2.75, 3.05) is 13.2 Å². The number of ether oxygens (including phenoxy) is 1. The van der Waals surface area contributed by atoms with E-state index < -0.39 is 0 Å². The Bertz CT molecular complexity index is 811. The lowest BCUT2D eigenvalue weighted by molar-refractivity contribution is -0.137. The number of benzene rings is 1. The number of likely N-dealkylation sites (tertiary alicyclic amines) is 1. The van der Waals surface area contributed by atoms with E-state index in [1.807, 2.05) is 24.0 Å². The maximum atomic E-state index is 12.5. The third-order valence-electron chi connectivity index (χ3n) is 4.96.